The summed E-state index contributed by atoms with van der Waals surface area (Å²) in [6.07, 6.45) is 1.93. The number of aryl methyl sites for hydroxylation is 1. The van der Waals surface area contributed by atoms with E-state index in [0.29, 0.717) is 19.1 Å². The summed E-state index contributed by atoms with van der Waals surface area (Å²) in [5.41, 5.74) is 2.69. The standard InChI is InChI=1S/C15H19NO3/c1-2-19-15(18)9-14(17)16-10-12-8-7-11-5-3-4-6-13(11)12/h3-6,12H,2,7-10H2,1H3,(H,16,17). The molecule has 1 aromatic rings. The topological polar surface area (TPSA) is 55.4 Å². The van der Waals surface area contributed by atoms with Gasteiger partial charge < -0.3 is 10.1 Å². The van der Waals surface area contributed by atoms with E-state index in [2.05, 4.69) is 17.4 Å². The number of fused-ring (bicyclic) bond motifs is 1. The first-order valence-corrected chi connectivity index (χ1v) is 6.70. The molecular weight excluding hydrogens is 242 g/mol. The Morgan fingerprint density at radius 1 is 1.37 bits per heavy atom. The van der Waals surface area contributed by atoms with Crippen molar-refractivity contribution in [3.8, 4) is 0 Å². The fourth-order valence-corrected chi connectivity index (χ4v) is 2.50. The molecule has 2 rings (SSSR count). The highest BCUT2D eigenvalue weighted by molar-refractivity contribution is 5.94. The number of amides is 1. The molecule has 0 fully saturated rings. The van der Waals surface area contributed by atoms with Gasteiger partial charge >= 0.3 is 5.97 Å². The van der Waals surface area contributed by atoms with Gasteiger partial charge in [0.05, 0.1) is 6.61 Å². The fraction of sp³-hybridized carbons (Fsp3) is 0.467. The Kier molecular flexibility index (Phi) is 4.55. The van der Waals surface area contributed by atoms with E-state index < -0.39 is 5.97 Å². The predicted molar refractivity (Wildman–Crippen MR) is 71.8 cm³/mol. The summed E-state index contributed by atoms with van der Waals surface area (Å²) in [6.45, 7) is 2.63. The molecule has 0 radical (unpaired) electrons. The van der Waals surface area contributed by atoms with Crippen molar-refractivity contribution in [3.63, 3.8) is 0 Å². The first kappa shape index (κ1) is 13.6. The Morgan fingerprint density at radius 2 is 2.16 bits per heavy atom. The zero-order valence-electron chi connectivity index (χ0n) is 11.1. The summed E-state index contributed by atoms with van der Waals surface area (Å²) in [5, 5.41) is 2.82. The molecule has 0 heterocycles. The molecule has 1 atom stereocenters. The average molecular weight is 261 g/mol. The summed E-state index contributed by atoms with van der Waals surface area (Å²) in [6, 6.07) is 8.32. The van der Waals surface area contributed by atoms with E-state index in [0.717, 1.165) is 12.8 Å². The molecule has 0 bridgehead atoms. The molecule has 0 spiro atoms. The molecule has 0 aromatic heterocycles. The van der Waals surface area contributed by atoms with Gasteiger partial charge in [-0.15, -0.1) is 0 Å². The molecule has 102 valence electrons. The van der Waals surface area contributed by atoms with E-state index in [1.54, 1.807) is 6.92 Å². The normalized spacial score (nSPS) is 16.8. The van der Waals surface area contributed by atoms with E-state index in [1.165, 1.54) is 11.1 Å². The largest absolute Gasteiger partial charge is 0.466 e. The fourth-order valence-electron chi connectivity index (χ4n) is 2.50. The summed E-state index contributed by atoms with van der Waals surface area (Å²) < 4.78 is 4.74. The van der Waals surface area contributed by atoms with Crippen LogP contribution in [0.3, 0.4) is 0 Å². The molecule has 1 amide bonds. The zero-order valence-corrected chi connectivity index (χ0v) is 11.1. The second-order valence-corrected chi connectivity index (χ2v) is 4.72. The van der Waals surface area contributed by atoms with Crippen LogP contribution in [-0.4, -0.2) is 25.0 Å². The number of carbonyl (C=O) groups excluding carboxylic acids is 2. The van der Waals surface area contributed by atoms with Crippen LogP contribution in [0.4, 0.5) is 0 Å². The minimum absolute atomic E-state index is 0.192. The molecule has 0 aliphatic heterocycles. The number of nitrogens with one attached hydrogen (secondary N) is 1. The maximum Gasteiger partial charge on any atom is 0.315 e. The lowest BCUT2D eigenvalue weighted by atomic mass is 10.0. The van der Waals surface area contributed by atoms with Gasteiger partial charge in [0.25, 0.3) is 0 Å². The van der Waals surface area contributed by atoms with Gasteiger partial charge in [-0.1, -0.05) is 24.3 Å². The van der Waals surface area contributed by atoms with Gasteiger partial charge in [-0.2, -0.15) is 0 Å². The van der Waals surface area contributed by atoms with E-state index in [-0.39, 0.29) is 12.3 Å². The van der Waals surface area contributed by atoms with Crippen molar-refractivity contribution in [2.45, 2.75) is 32.1 Å². The van der Waals surface area contributed by atoms with Gasteiger partial charge in [0.15, 0.2) is 0 Å². The Balaban J connectivity index is 1.81. The van der Waals surface area contributed by atoms with Gasteiger partial charge in [0.2, 0.25) is 5.91 Å². The maximum absolute atomic E-state index is 11.6. The van der Waals surface area contributed by atoms with Crippen LogP contribution in [0.25, 0.3) is 0 Å². The maximum atomic E-state index is 11.6. The Bertz CT molecular complexity index is 470. The molecule has 1 aliphatic rings. The van der Waals surface area contributed by atoms with Crippen LogP contribution in [0.15, 0.2) is 24.3 Å². The smallest absolute Gasteiger partial charge is 0.315 e. The van der Waals surface area contributed by atoms with Crippen molar-refractivity contribution >= 4 is 11.9 Å². The second kappa shape index (κ2) is 6.36. The number of carbonyl (C=O) groups is 2. The van der Waals surface area contributed by atoms with Gasteiger partial charge in [-0.3, -0.25) is 9.59 Å². The average Bonchev–Trinajstić information content (AvgIpc) is 2.80. The zero-order chi connectivity index (χ0) is 13.7. The Morgan fingerprint density at radius 3 is 2.95 bits per heavy atom. The lowest BCUT2D eigenvalue weighted by Gasteiger charge is -2.12. The summed E-state index contributed by atoms with van der Waals surface area (Å²) >= 11 is 0. The number of hydrogen-bond donors (Lipinski definition) is 1. The van der Waals surface area contributed by atoms with Crippen molar-refractivity contribution in [1.29, 1.82) is 0 Å². The minimum atomic E-state index is -0.466. The van der Waals surface area contributed by atoms with Gasteiger partial charge in [-0.05, 0) is 30.9 Å². The summed E-state index contributed by atoms with van der Waals surface area (Å²) in [7, 11) is 0. The molecular formula is C15H19NO3. The first-order chi connectivity index (χ1) is 9.20. The molecule has 1 N–H and O–H groups in total. The number of ether oxygens (including phenoxy) is 1. The van der Waals surface area contributed by atoms with Crippen LogP contribution < -0.4 is 5.32 Å². The Labute approximate surface area is 113 Å². The highest BCUT2D eigenvalue weighted by atomic mass is 16.5. The third-order valence-electron chi connectivity index (χ3n) is 3.41. The highest BCUT2D eigenvalue weighted by Gasteiger charge is 2.22. The summed E-state index contributed by atoms with van der Waals surface area (Å²) in [4.78, 5) is 22.7. The number of benzene rings is 1. The van der Waals surface area contributed by atoms with E-state index in [1.807, 2.05) is 12.1 Å². The van der Waals surface area contributed by atoms with Crippen molar-refractivity contribution in [2.75, 3.05) is 13.2 Å². The quantitative estimate of drug-likeness (QED) is 0.649. The molecule has 0 saturated heterocycles. The lowest BCUT2D eigenvalue weighted by Crippen LogP contribution is -2.30. The molecule has 1 unspecified atom stereocenters. The Hall–Kier alpha value is -1.84. The third-order valence-corrected chi connectivity index (χ3v) is 3.41. The minimum Gasteiger partial charge on any atom is -0.466 e. The van der Waals surface area contributed by atoms with Crippen LogP contribution in [0.1, 0.15) is 36.8 Å². The molecule has 0 saturated carbocycles. The van der Waals surface area contributed by atoms with Gasteiger partial charge in [0, 0.05) is 12.5 Å². The SMILES string of the molecule is CCOC(=O)CC(=O)NCC1CCc2ccccc21. The van der Waals surface area contributed by atoms with E-state index in [4.69, 9.17) is 4.74 Å². The molecule has 4 nitrogen and oxygen atoms in total. The second-order valence-electron chi connectivity index (χ2n) is 4.72. The first-order valence-electron chi connectivity index (χ1n) is 6.70. The van der Waals surface area contributed by atoms with Crippen molar-refractivity contribution in [3.05, 3.63) is 35.4 Å². The van der Waals surface area contributed by atoms with Gasteiger partial charge in [0.1, 0.15) is 6.42 Å². The van der Waals surface area contributed by atoms with Crippen molar-refractivity contribution in [2.24, 2.45) is 0 Å². The number of esters is 1. The van der Waals surface area contributed by atoms with Crippen molar-refractivity contribution in [1.82, 2.24) is 5.32 Å². The number of hydrogen-bond acceptors (Lipinski definition) is 3. The molecule has 19 heavy (non-hydrogen) atoms. The van der Waals surface area contributed by atoms with Crippen LogP contribution in [-0.2, 0) is 20.7 Å². The molecule has 1 aliphatic carbocycles. The monoisotopic (exact) mass is 261 g/mol. The lowest BCUT2D eigenvalue weighted by molar-refractivity contribution is -0.145. The van der Waals surface area contributed by atoms with E-state index in [9.17, 15) is 9.59 Å². The molecule has 4 heteroatoms. The summed E-state index contributed by atoms with van der Waals surface area (Å²) in [5.74, 6) is -0.364. The highest BCUT2D eigenvalue weighted by Crippen LogP contribution is 2.32. The third kappa shape index (κ3) is 3.56. The van der Waals surface area contributed by atoms with Crippen LogP contribution in [0.5, 0.6) is 0 Å². The van der Waals surface area contributed by atoms with Crippen LogP contribution in [0, 0.1) is 0 Å². The number of rotatable bonds is 5. The predicted octanol–water partition coefficient (Wildman–Crippen LogP) is 1.79. The van der Waals surface area contributed by atoms with Crippen molar-refractivity contribution < 1.29 is 14.3 Å². The van der Waals surface area contributed by atoms with E-state index >= 15 is 0 Å². The van der Waals surface area contributed by atoms with Gasteiger partial charge in [-0.25, -0.2) is 0 Å². The van der Waals surface area contributed by atoms with Crippen LogP contribution >= 0.6 is 0 Å². The van der Waals surface area contributed by atoms with Crippen LogP contribution in [0.2, 0.25) is 0 Å². The molecule has 1 aromatic carbocycles.